The van der Waals surface area contributed by atoms with E-state index in [0.29, 0.717) is 15.7 Å². The summed E-state index contributed by atoms with van der Waals surface area (Å²) in [4.78, 5) is 0. The summed E-state index contributed by atoms with van der Waals surface area (Å²) < 4.78 is 0. The van der Waals surface area contributed by atoms with Crippen molar-refractivity contribution < 1.29 is 0 Å². The zero-order chi connectivity index (χ0) is 17.2. The molecular weight excluding hydrogens is 351 g/mol. The van der Waals surface area contributed by atoms with Gasteiger partial charge in [-0.1, -0.05) is 77.8 Å². The summed E-state index contributed by atoms with van der Waals surface area (Å²) in [5.41, 5.74) is 8.88. The fraction of sp³-hybridized carbons (Fsp3) is 0.0952. The molecular formula is C21H16Cl2N2. The molecule has 0 saturated heterocycles. The molecule has 4 heteroatoms. The molecule has 0 radical (unpaired) electrons. The monoisotopic (exact) mass is 366 g/mol. The number of para-hydroxylation sites is 1. The molecule has 0 fully saturated rings. The van der Waals surface area contributed by atoms with E-state index in [1.165, 1.54) is 22.3 Å². The van der Waals surface area contributed by atoms with Crippen LogP contribution in [0.5, 0.6) is 0 Å². The summed E-state index contributed by atoms with van der Waals surface area (Å²) >= 11 is 12.4. The molecule has 2 nitrogen and oxygen atoms in total. The molecule has 1 aliphatic carbocycles. The first-order valence-electron chi connectivity index (χ1n) is 8.13. The number of anilines is 1. The molecule has 0 amide bonds. The zero-order valence-corrected chi connectivity index (χ0v) is 14.9. The van der Waals surface area contributed by atoms with Crippen LogP contribution >= 0.6 is 23.2 Å². The van der Waals surface area contributed by atoms with Gasteiger partial charge in [-0.2, -0.15) is 5.10 Å². The summed E-state index contributed by atoms with van der Waals surface area (Å²) in [5.74, 6) is 0.106. The summed E-state index contributed by atoms with van der Waals surface area (Å²) in [6.45, 7) is 0. The lowest BCUT2D eigenvalue weighted by molar-refractivity contribution is 0.954. The maximum absolute atomic E-state index is 6.19. The lowest BCUT2D eigenvalue weighted by atomic mass is 9.79. The minimum absolute atomic E-state index is 0.106. The van der Waals surface area contributed by atoms with Crippen LogP contribution in [0, 0.1) is 0 Å². The molecule has 1 aliphatic rings. The first-order valence-corrected chi connectivity index (χ1v) is 8.88. The quantitative estimate of drug-likeness (QED) is 0.437. The highest BCUT2D eigenvalue weighted by atomic mass is 35.5. The van der Waals surface area contributed by atoms with Crippen LogP contribution in [0.25, 0.3) is 0 Å². The molecule has 1 N–H and O–H groups in total. The number of hydrogen-bond acceptors (Lipinski definition) is 2. The first-order chi connectivity index (χ1) is 12.2. The third-order valence-corrected chi connectivity index (χ3v) is 5.15. The highest BCUT2D eigenvalue weighted by Crippen LogP contribution is 2.35. The van der Waals surface area contributed by atoms with E-state index in [2.05, 4.69) is 59.1 Å². The number of benzene rings is 3. The Labute approximate surface area is 157 Å². The van der Waals surface area contributed by atoms with Crippen LogP contribution < -0.4 is 5.43 Å². The Kier molecular flexibility index (Phi) is 4.48. The minimum atomic E-state index is 0.106. The van der Waals surface area contributed by atoms with Gasteiger partial charge in [-0.05, 0) is 40.8 Å². The molecule has 0 atom stereocenters. The van der Waals surface area contributed by atoms with Gasteiger partial charge in [0.25, 0.3) is 0 Å². The van der Waals surface area contributed by atoms with E-state index in [4.69, 9.17) is 23.2 Å². The van der Waals surface area contributed by atoms with E-state index in [1.54, 1.807) is 12.1 Å². The molecule has 25 heavy (non-hydrogen) atoms. The molecule has 3 aromatic rings. The van der Waals surface area contributed by atoms with E-state index < -0.39 is 0 Å². The van der Waals surface area contributed by atoms with Gasteiger partial charge in [0.15, 0.2) is 0 Å². The van der Waals surface area contributed by atoms with Crippen molar-refractivity contribution in [2.45, 2.75) is 12.3 Å². The standard InChI is InChI=1S/C21H16Cl2N2/c22-19-10-5-11-20(23)21(19)25-24-13-18-16-8-3-1-6-14(16)12-15-7-2-4-9-17(15)18/h1-11,13,18,25H,12H2. The lowest BCUT2D eigenvalue weighted by Gasteiger charge is -2.25. The van der Waals surface area contributed by atoms with Crippen molar-refractivity contribution in [1.82, 2.24) is 0 Å². The smallest absolute Gasteiger partial charge is 0.0934 e. The second kappa shape index (κ2) is 6.91. The second-order valence-corrected chi connectivity index (χ2v) is 6.85. The summed E-state index contributed by atoms with van der Waals surface area (Å²) in [5, 5.41) is 5.54. The molecule has 0 unspecified atom stereocenters. The Bertz CT molecular complexity index is 884. The van der Waals surface area contributed by atoms with Gasteiger partial charge in [0.05, 0.1) is 15.7 Å². The molecule has 0 aromatic heterocycles. The van der Waals surface area contributed by atoms with Gasteiger partial charge in [-0.3, -0.25) is 5.43 Å². The minimum Gasteiger partial charge on any atom is -0.276 e. The Morgan fingerprint density at radius 1 is 0.800 bits per heavy atom. The number of hydrazone groups is 1. The fourth-order valence-corrected chi connectivity index (χ4v) is 3.79. The molecule has 0 heterocycles. The normalized spacial score (nSPS) is 13.5. The average Bonchev–Trinajstić information content (AvgIpc) is 2.63. The fourth-order valence-electron chi connectivity index (χ4n) is 3.31. The highest BCUT2D eigenvalue weighted by Gasteiger charge is 2.23. The zero-order valence-electron chi connectivity index (χ0n) is 13.4. The Morgan fingerprint density at radius 3 is 1.96 bits per heavy atom. The number of hydrogen-bond donors (Lipinski definition) is 1. The summed E-state index contributed by atoms with van der Waals surface area (Å²) in [6.07, 6.45) is 2.89. The number of halogens is 2. The molecule has 124 valence electrons. The maximum Gasteiger partial charge on any atom is 0.0934 e. The van der Waals surface area contributed by atoms with Crippen LogP contribution in [-0.4, -0.2) is 6.21 Å². The Balaban J connectivity index is 1.68. The van der Waals surface area contributed by atoms with Crippen molar-refractivity contribution in [3.63, 3.8) is 0 Å². The third kappa shape index (κ3) is 3.15. The average molecular weight is 367 g/mol. The third-order valence-electron chi connectivity index (χ3n) is 4.52. The van der Waals surface area contributed by atoms with Crippen LogP contribution in [-0.2, 0) is 6.42 Å². The Morgan fingerprint density at radius 2 is 1.36 bits per heavy atom. The van der Waals surface area contributed by atoms with Gasteiger partial charge in [0.2, 0.25) is 0 Å². The second-order valence-electron chi connectivity index (χ2n) is 6.04. The molecule has 0 aliphatic heterocycles. The van der Waals surface area contributed by atoms with Crippen LogP contribution in [0.3, 0.4) is 0 Å². The van der Waals surface area contributed by atoms with E-state index in [1.807, 2.05) is 12.3 Å². The van der Waals surface area contributed by atoms with Crippen molar-refractivity contribution in [1.29, 1.82) is 0 Å². The van der Waals surface area contributed by atoms with Gasteiger partial charge < -0.3 is 0 Å². The summed E-state index contributed by atoms with van der Waals surface area (Å²) in [7, 11) is 0. The van der Waals surface area contributed by atoms with Gasteiger partial charge in [-0.15, -0.1) is 0 Å². The molecule has 0 bridgehead atoms. The molecule has 0 saturated carbocycles. The first kappa shape index (κ1) is 16.2. The lowest BCUT2D eigenvalue weighted by Crippen LogP contribution is -2.15. The number of nitrogens with one attached hydrogen (secondary N) is 1. The van der Waals surface area contributed by atoms with E-state index >= 15 is 0 Å². The van der Waals surface area contributed by atoms with E-state index in [0.717, 1.165) is 6.42 Å². The predicted octanol–water partition coefficient (Wildman–Crippen LogP) is 6.13. The van der Waals surface area contributed by atoms with Gasteiger partial charge in [0, 0.05) is 12.1 Å². The van der Waals surface area contributed by atoms with Crippen molar-refractivity contribution in [2.75, 3.05) is 5.43 Å². The van der Waals surface area contributed by atoms with Crippen molar-refractivity contribution in [3.8, 4) is 0 Å². The van der Waals surface area contributed by atoms with Gasteiger partial charge in [-0.25, -0.2) is 0 Å². The maximum atomic E-state index is 6.19. The topological polar surface area (TPSA) is 24.4 Å². The van der Waals surface area contributed by atoms with E-state index in [9.17, 15) is 0 Å². The predicted molar refractivity (Wildman–Crippen MR) is 106 cm³/mol. The van der Waals surface area contributed by atoms with Crippen molar-refractivity contribution >= 4 is 35.1 Å². The number of fused-ring (bicyclic) bond motifs is 2. The van der Waals surface area contributed by atoms with Crippen LogP contribution in [0.4, 0.5) is 5.69 Å². The van der Waals surface area contributed by atoms with Gasteiger partial charge in [0.1, 0.15) is 0 Å². The SMILES string of the molecule is Clc1cccc(Cl)c1NN=CC1c2ccccc2Cc2ccccc21. The number of nitrogens with zero attached hydrogens (tertiary/aromatic N) is 1. The van der Waals surface area contributed by atoms with Crippen LogP contribution in [0.15, 0.2) is 71.8 Å². The van der Waals surface area contributed by atoms with E-state index in [-0.39, 0.29) is 5.92 Å². The van der Waals surface area contributed by atoms with Crippen molar-refractivity contribution in [2.24, 2.45) is 5.10 Å². The molecule has 3 aromatic carbocycles. The molecule has 4 rings (SSSR count). The van der Waals surface area contributed by atoms with Crippen LogP contribution in [0.2, 0.25) is 10.0 Å². The van der Waals surface area contributed by atoms with Crippen molar-refractivity contribution in [3.05, 3.63) is 99.0 Å². The highest BCUT2D eigenvalue weighted by molar-refractivity contribution is 6.39. The molecule has 0 spiro atoms. The largest absolute Gasteiger partial charge is 0.276 e. The summed E-state index contributed by atoms with van der Waals surface area (Å²) in [6, 6.07) is 22.4. The number of rotatable bonds is 3. The Hall–Kier alpha value is -2.29. The van der Waals surface area contributed by atoms with Crippen LogP contribution in [0.1, 0.15) is 28.2 Å². The van der Waals surface area contributed by atoms with Gasteiger partial charge >= 0.3 is 0 Å².